The molecule has 0 aliphatic rings. The van der Waals surface area contributed by atoms with Crippen molar-refractivity contribution in [2.24, 2.45) is 0 Å². The number of ether oxygens (including phenoxy) is 1. The molecular weight excluding hydrogens is 296 g/mol. The van der Waals surface area contributed by atoms with Crippen molar-refractivity contribution in [2.45, 2.75) is 39.7 Å². The third kappa shape index (κ3) is 4.07. The SMILES string of the molecule is CCC(C)NC(=O)Cc1sc(-c2ccc(OC)cc2)nc1C. The van der Waals surface area contributed by atoms with Crippen molar-refractivity contribution in [2.75, 3.05) is 7.11 Å². The number of aromatic nitrogens is 1. The zero-order valence-corrected chi connectivity index (χ0v) is 14.3. The Morgan fingerprint density at radius 1 is 1.36 bits per heavy atom. The predicted molar refractivity (Wildman–Crippen MR) is 90.4 cm³/mol. The van der Waals surface area contributed by atoms with Gasteiger partial charge in [-0.3, -0.25) is 4.79 Å². The lowest BCUT2D eigenvalue weighted by Crippen LogP contribution is -2.33. The van der Waals surface area contributed by atoms with Crippen LogP contribution in [0, 0.1) is 6.92 Å². The van der Waals surface area contributed by atoms with E-state index in [1.54, 1.807) is 18.4 Å². The van der Waals surface area contributed by atoms with Gasteiger partial charge in [-0.15, -0.1) is 11.3 Å². The van der Waals surface area contributed by atoms with Crippen molar-refractivity contribution in [3.8, 4) is 16.3 Å². The Labute approximate surface area is 135 Å². The van der Waals surface area contributed by atoms with Crippen molar-refractivity contribution in [1.82, 2.24) is 10.3 Å². The van der Waals surface area contributed by atoms with Crippen LogP contribution in [0.15, 0.2) is 24.3 Å². The molecule has 1 heterocycles. The third-order valence-corrected chi connectivity index (χ3v) is 4.78. The maximum absolute atomic E-state index is 12.0. The third-order valence-electron chi connectivity index (χ3n) is 3.57. The Morgan fingerprint density at radius 2 is 2.05 bits per heavy atom. The predicted octanol–water partition coefficient (Wildman–Crippen LogP) is 3.58. The molecule has 1 unspecified atom stereocenters. The Kier molecular flexibility index (Phi) is 5.55. The van der Waals surface area contributed by atoms with Crippen LogP contribution in [0.2, 0.25) is 0 Å². The minimum Gasteiger partial charge on any atom is -0.497 e. The number of hydrogen-bond donors (Lipinski definition) is 1. The molecular formula is C17H22N2O2S. The van der Waals surface area contributed by atoms with E-state index in [1.807, 2.05) is 38.1 Å². The van der Waals surface area contributed by atoms with Crippen molar-refractivity contribution in [3.05, 3.63) is 34.8 Å². The molecule has 1 atom stereocenters. The van der Waals surface area contributed by atoms with Gasteiger partial charge < -0.3 is 10.1 Å². The van der Waals surface area contributed by atoms with Gasteiger partial charge in [-0.2, -0.15) is 0 Å². The first kappa shape index (κ1) is 16.5. The highest BCUT2D eigenvalue weighted by Crippen LogP contribution is 2.29. The molecule has 4 nitrogen and oxygen atoms in total. The highest BCUT2D eigenvalue weighted by molar-refractivity contribution is 7.15. The zero-order valence-electron chi connectivity index (χ0n) is 13.5. The quantitative estimate of drug-likeness (QED) is 0.885. The summed E-state index contributed by atoms with van der Waals surface area (Å²) in [7, 11) is 1.65. The lowest BCUT2D eigenvalue weighted by atomic mass is 10.2. The number of carbonyl (C=O) groups excluding carboxylic acids is 1. The molecule has 2 rings (SSSR count). The van der Waals surface area contributed by atoms with Crippen molar-refractivity contribution < 1.29 is 9.53 Å². The average Bonchev–Trinajstić information content (AvgIpc) is 2.88. The molecule has 0 bridgehead atoms. The number of benzene rings is 1. The van der Waals surface area contributed by atoms with E-state index < -0.39 is 0 Å². The van der Waals surface area contributed by atoms with Crippen LogP contribution in [0.3, 0.4) is 0 Å². The van der Waals surface area contributed by atoms with Crippen LogP contribution < -0.4 is 10.1 Å². The molecule has 0 aliphatic carbocycles. The molecule has 1 N–H and O–H groups in total. The van der Waals surface area contributed by atoms with Crippen LogP contribution in [0.25, 0.3) is 10.6 Å². The fourth-order valence-electron chi connectivity index (χ4n) is 2.02. The van der Waals surface area contributed by atoms with Crippen LogP contribution in [0.5, 0.6) is 5.75 Å². The molecule has 1 aromatic carbocycles. The van der Waals surface area contributed by atoms with Gasteiger partial charge in [-0.1, -0.05) is 6.92 Å². The summed E-state index contributed by atoms with van der Waals surface area (Å²) in [6.07, 6.45) is 1.33. The Hall–Kier alpha value is -1.88. The normalized spacial score (nSPS) is 12.0. The first-order valence-electron chi connectivity index (χ1n) is 7.43. The molecule has 1 amide bonds. The van der Waals surface area contributed by atoms with Gasteiger partial charge in [0.2, 0.25) is 5.91 Å². The number of nitrogens with one attached hydrogen (secondary N) is 1. The maximum atomic E-state index is 12.0. The molecule has 1 aromatic heterocycles. The van der Waals surface area contributed by atoms with E-state index in [9.17, 15) is 4.79 Å². The first-order chi connectivity index (χ1) is 10.5. The molecule has 2 aromatic rings. The molecule has 118 valence electrons. The van der Waals surface area contributed by atoms with Crippen LogP contribution in [-0.4, -0.2) is 24.0 Å². The molecule has 5 heteroatoms. The Morgan fingerprint density at radius 3 is 2.64 bits per heavy atom. The second kappa shape index (κ2) is 7.40. The van der Waals surface area contributed by atoms with Crippen LogP contribution >= 0.6 is 11.3 Å². The number of carbonyl (C=O) groups is 1. The van der Waals surface area contributed by atoms with Gasteiger partial charge in [-0.25, -0.2) is 4.98 Å². The Bertz CT molecular complexity index is 635. The van der Waals surface area contributed by atoms with Crippen molar-refractivity contribution >= 4 is 17.2 Å². The molecule has 0 fully saturated rings. The molecule has 22 heavy (non-hydrogen) atoms. The number of methoxy groups -OCH3 is 1. The monoisotopic (exact) mass is 318 g/mol. The van der Waals surface area contributed by atoms with Gasteiger partial charge in [0.05, 0.1) is 19.2 Å². The van der Waals surface area contributed by atoms with Gasteiger partial charge in [0.25, 0.3) is 0 Å². The van der Waals surface area contributed by atoms with Crippen LogP contribution in [0.1, 0.15) is 30.8 Å². The minimum absolute atomic E-state index is 0.0578. The first-order valence-corrected chi connectivity index (χ1v) is 8.25. The number of aryl methyl sites for hydroxylation is 1. The molecule has 0 aliphatic heterocycles. The lowest BCUT2D eigenvalue weighted by Gasteiger charge is -2.10. The van der Waals surface area contributed by atoms with Gasteiger partial charge in [-0.05, 0) is 44.5 Å². The van der Waals surface area contributed by atoms with Gasteiger partial charge in [0.1, 0.15) is 10.8 Å². The zero-order chi connectivity index (χ0) is 16.1. The van der Waals surface area contributed by atoms with E-state index in [0.29, 0.717) is 6.42 Å². The summed E-state index contributed by atoms with van der Waals surface area (Å²) in [5.41, 5.74) is 1.97. The highest BCUT2D eigenvalue weighted by atomic mass is 32.1. The van der Waals surface area contributed by atoms with E-state index in [0.717, 1.165) is 33.3 Å². The standard InChI is InChI=1S/C17H22N2O2S/c1-5-11(2)18-16(20)10-15-12(3)19-17(22-15)13-6-8-14(21-4)9-7-13/h6-9,11H,5,10H2,1-4H3,(H,18,20). The highest BCUT2D eigenvalue weighted by Gasteiger charge is 2.14. The second-order valence-corrected chi connectivity index (χ2v) is 6.39. The summed E-state index contributed by atoms with van der Waals surface area (Å²) in [6.45, 7) is 6.03. The van der Waals surface area contributed by atoms with E-state index in [4.69, 9.17) is 4.74 Å². The fourth-order valence-corrected chi connectivity index (χ4v) is 3.09. The van der Waals surface area contributed by atoms with Crippen LogP contribution in [0.4, 0.5) is 0 Å². The number of hydrogen-bond acceptors (Lipinski definition) is 4. The topological polar surface area (TPSA) is 51.2 Å². The largest absolute Gasteiger partial charge is 0.497 e. The van der Waals surface area contributed by atoms with Crippen molar-refractivity contribution in [3.63, 3.8) is 0 Å². The maximum Gasteiger partial charge on any atom is 0.225 e. The van der Waals surface area contributed by atoms with E-state index in [1.165, 1.54) is 0 Å². The smallest absolute Gasteiger partial charge is 0.225 e. The van der Waals surface area contributed by atoms with Crippen molar-refractivity contribution in [1.29, 1.82) is 0 Å². The fraction of sp³-hybridized carbons (Fsp3) is 0.412. The van der Waals surface area contributed by atoms with Gasteiger partial charge >= 0.3 is 0 Å². The minimum atomic E-state index is 0.0578. The number of amides is 1. The molecule has 0 saturated carbocycles. The summed E-state index contributed by atoms with van der Waals surface area (Å²) in [5, 5.41) is 3.93. The van der Waals surface area contributed by atoms with E-state index in [-0.39, 0.29) is 11.9 Å². The summed E-state index contributed by atoms with van der Waals surface area (Å²) in [4.78, 5) is 17.6. The number of thiazole rings is 1. The van der Waals surface area contributed by atoms with E-state index in [2.05, 4.69) is 17.2 Å². The summed E-state index contributed by atoms with van der Waals surface area (Å²) < 4.78 is 5.16. The number of rotatable bonds is 6. The van der Waals surface area contributed by atoms with Crippen LogP contribution in [-0.2, 0) is 11.2 Å². The summed E-state index contributed by atoms with van der Waals surface area (Å²) in [5.74, 6) is 0.882. The summed E-state index contributed by atoms with van der Waals surface area (Å²) in [6, 6.07) is 8.02. The average molecular weight is 318 g/mol. The van der Waals surface area contributed by atoms with Gasteiger partial charge in [0, 0.05) is 16.5 Å². The second-order valence-electron chi connectivity index (χ2n) is 5.31. The van der Waals surface area contributed by atoms with E-state index >= 15 is 0 Å². The summed E-state index contributed by atoms with van der Waals surface area (Å²) >= 11 is 1.58. The Balaban J connectivity index is 2.11. The lowest BCUT2D eigenvalue weighted by molar-refractivity contribution is -0.121. The van der Waals surface area contributed by atoms with Gasteiger partial charge in [0.15, 0.2) is 0 Å². The molecule has 0 spiro atoms. The number of nitrogens with zero attached hydrogens (tertiary/aromatic N) is 1. The molecule has 0 radical (unpaired) electrons. The molecule has 0 saturated heterocycles.